The summed E-state index contributed by atoms with van der Waals surface area (Å²) < 4.78 is 0. The number of nitrogens with one attached hydrogen (secondary N) is 2. The predicted molar refractivity (Wildman–Crippen MR) is 70.9 cm³/mol. The van der Waals surface area contributed by atoms with Gasteiger partial charge in [-0.1, -0.05) is 37.3 Å². The fourth-order valence-electron chi connectivity index (χ4n) is 1.72. The summed E-state index contributed by atoms with van der Waals surface area (Å²) in [5.41, 5.74) is 1.32. The minimum absolute atomic E-state index is 0.0386. The van der Waals surface area contributed by atoms with Crippen LogP contribution in [-0.4, -0.2) is 26.0 Å². The normalized spacial score (nSPS) is 12.1. The molecule has 2 N–H and O–H groups in total. The Bertz CT molecular complexity index is 324. The Labute approximate surface area is 104 Å². The average Bonchev–Trinajstić information content (AvgIpc) is 2.36. The topological polar surface area (TPSA) is 41.1 Å². The number of carbonyl (C=O) groups excluding carboxylic acids is 1. The molecule has 0 fully saturated rings. The molecule has 0 aromatic heterocycles. The van der Waals surface area contributed by atoms with Gasteiger partial charge in [0, 0.05) is 19.0 Å². The van der Waals surface area contributed by atoms with E-state index in [-0.39, 0.29) is 11.8 Å². The van der Waals surface area contributed by atoms with Gasteiger partial charge >= 0.3 is 0 Å². The maximum Gasteiger partial charge on any atom is 0.224 e. The zero-order valence-electron chi connectivity index (χ0n) is 10.7. The number of aryl methyl sites for hydroxylation is 1. The van der Waals surface area contributed by atoms with Gasteiger partial charge in [-0.05, 0) is 25.5 Å². The third-order valence-corrected chi connectivity index (χ3v) is 2.74. The Morgan fingerprint density at radius 1 is 1.29 bits per heavy atom. The maximum absolute atomic E-state index is 11.6. The van der Waals surface area contributed by atoms with Crippen LogP contribution in [0.1, 0.15) is 18.9 Å². The quantitative estimate of drug-likeness (QED) is 0.703. The monoisotopic (exact) mass is 234 g/mol. The first-order valence-corrected chi connectivity index (χ1v) is 6.20. The van der Waals surface area contributed by atoms with Crippen LogP contribution in [0.3, 0.4) is 0 Å². The smallest absolute Gasteiger partial charge is 0.224 e. The molecule has 1 rings (SSSR count). The Morgan fingerprint density at radius 3 is 2.65 bits per heavy atom. The third kappa shape index (κ3) is 5.50. The van der Waals surface area contributed by atoms with Crippen LogP contribution in [0.4, 0.5) is 0 Å². The van der Waals surface area contributed by atoms with Gasteiger partial charge in [0.1, 0.15) is 0 Å². The Hall–Kier alpha value is -1.35. The molecule has 0 heterocycles. The molecule has 0 radical (unpaired) electrons. The van der Waals surface area contributed by atoms with Gasteiger partial charge in [0.15, 0.2) is 0 Å². The van der Waals surface area contributed by atoms with Crippen molar-refractivity contribution in [3.05, 3.63) is 35.9 Å². The fourth-order valence-corrected chi connectivity index (χ4v) is 1.72. The van der Waals surface area contributed by atoms with Crippen LogP contribution < -0.4 is 10.6 Å². The minimum atomic E-state index is 0.0386. The van der Waals surface area contributed by atoms with Crippen molar-refractivity contribution in [2.24, 2.45) is 5.92 Å². The van der Waals surface area contributed by atoms with Crippen molar-refractivity contribution in [3.8, 4) is 0 Å². The van der Waals surface area contributed by atoms with Gasteiger partial charge in [0.2, 0.25) is 5.91 Å². The van der Waals surface area contributed by atoms with Crippen molar-refractivity contribution in [3.63, 3.8) is 0 Å². The summed E-state index contributed by atoms with van der Waals surface area (Å²) in [6.45, 7) is 3.41. The van der Waals surface area contributed by atoms with Crippen LogP contribution in [0.2, 0.25) is 0 Å². The molecule has 17 heavy (non-hydrogen) atoms. The van der Waals surface area contributed by atoms with Crippen LogP contribution in [-0.2, 0) is 11.2 Å². The summed E-state index contributed by atoms with van der Waals surface area (Å²) in [6.07, 6.45) is 2.00. The zero-order valence-corrected chi connectivity index (χ0v) is 10.7. The van der Waals surface area contributed by atoms with Crippen LogP contribution in [0, 0.1) is 5.92 Å². The lowest BCUT2D eigenvalue weighted by molar-refractivity contribution is -0.124. The summed E-state index contributed by atoms with van der Waals surface area (Å²) in [6, 6.07) is 10.3. The second-order valence-electron chi connectivity index (χ2n) is 4.34. The van der Waals surface area contributed by atoms with Gasteiger partial charge in [0.25, 0.3) is 0 Å². The standard InChI is InChI=1S/C14H22N2O/c1-12(11-15-2)14(17)16-10-6-9-13-7-4-3-5-8-13/h3-5,7-8,12,15H,6,9-11H2,1-2H3,(H,16,17). The lowest BCUT2D eigenvalue weighted by Crippen LogP contribution is -2.34. The van der Waals surface area contributed by atoms with E-state index in [1.165, 1.54) is 5.56 Å². The summed E-state index contributed by atoms with van der Waals surface area (Å²) in [5, 5.41) is 5.96. The molecule has 1 aromatic rings. The van der Waals surface area contributed by atoms with Gasteiger partial charge in [-0.15, -0.1) is 0 Å². The molecular weight excluding hydrogens is 212 g/mol. The molecule has 0 spiro atoms. The van der Waals surface area contributed by atoms with E-state index in [4.69, 9.17) is 0 Å². The van der Waals surface area contributed by atoms with Crippen LogP contribution >= 0.6 is 0 Å². The molecule has 0 aliphatic heterocycles. The van der Waals surface area contributed by atoms with E-state index in [9.17, 15) is 4.79 Å². The van der Waals surface area contributed by atoms with Crippen molar-refractivity contribution in [2.75, 3.05) is 20.1 Å². The van der Waals surface area contributed by atoms with Crippen molar-refractivity contribution >= 4 is 5.91 Å². The highest BCUT2D eigenvalue weighted by atomic mass is 16.1. The van der Waals surface area contributed by atoms with Crippen molar-refractivity contribution < 1.29 is 4.79 Å². The highest BCUT2D eigenvalue weighted by Gasteiger charge is 2.10. The van der Waals surface area contributed by atoms with Crippen molar-refractivity contribution in [2.45, 2.75) is 19.8 Å². The van der Waals surface area contributed by atoms with Gasteiger partial charge in [-0.25, -0.2) is 0 Å². The number of hydrogen-bond donors (Lipinski definition) is 2. The number of rotatable bonds is 7. The first-order chi connectivity index (χ1) is 8.24. The predicted octanol–water partition coefficient (Wildman–Crippen LogP) is 1.59. The Kier molecular flexibility index (Phi) is 6.33. The molecule has 0 saturated heterocycles. The minimum Gasteiger partial charge on any atom is -0.356 e. The number of hydrogen-bond acceptors (Lipinski definition) is 2. The first kappa shape index (κ1) is 13.7. The molecule has 1 amide bonds. The highest BCUT2D eigenvalue weighted by Crippen LogP contribution is 2.01. The van der Waals surface area contributed by atoms with Gasteiger partial charge in [-0.3, -0.25) is 4.79 Å². The number of benzene rings is 1. The molecular formula is C14H22N2O. The van der Waals surface area contributed by atoms with E-state index < -0.39 is 0 Å². The van der Waals surface area contributed by atoms with Gasteiger partial charge < -0.3 is 10.6 Å². The molecule has 1 aromatic carbocycles. The maximum atomic E-state index is 11.6. The van der Waals surface area contributed by atoms with Crippen molar-refractivity contribution in [1.82, 2.24) is 10.6 Å². The van der Waals surface area contributed by atoms with Crippen LogP contribution in [0.15, 0.2) is 30.3 Å². The lowest BCUT2D eigenvalue weighted by Gasteiger charge is -2.11. The number of amides is 1. The van der Waals surface area contributed by atoms with Crippen LogP contribution in [0.5, 0.6) is 0 Å². The Balaban J connectivity index is 2.14. The summed E-state index contributed by atoms with van der Waals surface area (Å²) >= 11 is 0. The second kappa shape index (κ2) is 7.85. The molecule has 0 aliphatic carbocycles. The van der Waals surface area contributed by atoms with Gasteiger partial charge in [-0.2, -0.15) is 0 Å². The molecule has 94 valence electrons. The Morgan fingerprint density at radius 2 is 2.00 bits per heavy atom. The van der Waals surface area contributed by atoms with E-state index in [1.54, 1.807) is 0 Å². The van der Waals surface area contributed by atoms with E-state index in [0.717, 1.165) is 25.9 Å². The SMILES string of the molecule is CNCC(C)C(=O)NCCCc1ccccc1. The summed E-state index contributed by atoms with van der Waals surface area (Å²) in [5.74, 6) is 0.170. The average molecular weight is 234 g/mol. The lowest BCUT2D eigenvalue weighted by atomic mass is 10.1. The molecule has 1 atom stereocenters. The van der Waals surface area contributed by atoms with Gasteiger partial charge in [0.05, 0.1) is 0 Å². The van der Waals surface area contributed by atoms with E-state index in [1.807, 2.05) is 32.2 Å². The van der Waals surface area contributed by atoms with Crippen molar-refractivity contribution in [1.29, 1.82) is 0 Å². The first-order valence-electron chi connectivity index (χ1n) is 6.20. The summed E-state index contributed by atoms with van der Waals surface area (Å²) in [7, 11) is 1.86. The van der Waals surface area contributed by atoms with Crippen LogP contribution in [0.25, 0.3) is 0 Å². The van der Waals surface area contributed by atoms with E-state index in [0.29, 0.717) is 0 Å². The largest absolute Gasteiger partial charge is 0.356 e. The molecule has 3 heteroatoms. The fraction of sp³-hybridized carbons (Fsp3) is 0.500. The molecule has 0 saturated carbocycles. The molecule has 0 aliphatic rings. The molecule has 1 unspecified atom stereocenters. The third-order valence-electron chi connectivity index (χ3n) is 2.74. The second-order valence-corrected chi connectivity index (χ2v) is 4.34. The molecule has 0 bridgehead atoms. The van der Waals surface area contributed by atoms with E-state index in [2.05, 4.69) is 22.8 Å². The zero-order chi connectivity index (χ0) is 12.5. The molecule has 3 nitrogen and oxygen atoms in total. The van der Waals surface area contributed by atoms with E-state index >= 15 is 0 Å². The highest BCUT2D eigenvalue weighted by molar-refractivity contribution is 5.78. The number of carbonyl (C=O) groups is 1. The summed E-state index contributed by atoms with van der Waals surface area (Å²) in [4.78, 5) is 11.6.